The predicted molar refractivity (Wildman–Crippen MR) is 81.9 cm³/mol. The van der Waals surface area contributed by atoms with E-state index in [-0.39, 0.29) is 23.1 Å². The maximum atomic E-state index is 12.6. The summed E-state index contributed by atoms with van der Waals surface area (Å²) in [4.78, 5) is 21.5. The topological polar surface area (TPSA) is 84.3 Å². The van der Waals surface area contributed by atoms with Crippen LogP contribution in [0.5, 0.6) is 0 Å². The molecule has 0 unspecified atom stereocenters. The zero-order valence-electron chi connectivity index (χ0n) is 12.2. The lowest BCUT2D eigenvalue weighted by Crippen LogP contribution is -2.34. The molecule has 0 atom stereocenters. The Kier molecular flexibility index (Phi) is 6.02. The van der Waals surface area contributed by atoms with E-state index in [0.29, 0.717) is 12.1 Å². The van der Waals surface area contributed by atoms with E-state index in [1.54, 1.807) is 0 Å². The van der Waals surface area contributed by atoms with Gasteiger partial charge in [0.2, 0.25) is 5.91 Å². The minimum Gasteiger partial charge on any atom is -0.327 e. The van der Waals surface area contributed by atoms with Crippen molar-refractivity contribution >= 4 is 34.6 Å². The van der Waals surface area contributed by atoms with Gasteiger partial charge in [-0.25, -0.2) is 0 Å². The minimum absolute atomic E-state index is 0.0817. The van der Waals surface area contributed by atoms with Crippen molar-refractivity contribution in [2.24, 2.45) is 5.92 Å². The second kappa shape index (κ2) is 7.36. The number of amides is 1. The highest BCUT2D eigenvalue weighted by atomic mass is 32.1. The third-order valence-corrected chi connectivity index (χ3v) is 2.82. The normalized spacial score (nSPS) is 11.2. The molecule has 1 aromatic carbocycles. The van der Waals surface area contributed by atoms with Crippen LogP contribution in [0.2, 0.25) is 0 Å². The fourth-order valence-electron chi connectivity index (χ4n) is 1.67. The summed E-state index contributed by atoms with van der Waals surface area (Å²) in [6, 6.07) is 1.98. The van der Waals surface area contributed by atoms with Gasteiger partial charge in [-0.15, -0.1) is 0 Å². The number of alkyl halides is 3. The number of rotatable bonds is 4. The Hall–Kier alpha value is -2.23. The Labute approximate surface area is 135 Å². The van der Waals surface area contributed by atoms with Crippen molar-refractivity contribution in [2.45, 2.75) is 26.4 Å². The number of nitro groups is 1. The Bertz CT molecular complexity index is 633. The molecule has 0 bridgehead atoms. The number of nitrogens with zero attached hydrogens (tertiary/aromatic N) is 1. The molecule has 1 rings (SSSR count). The van der Waals surface area contributed by atoms with Gasteiger partial charge in [-0.3, -0.25) is 14.9 Å². The zero-order valence-corrected chi connectivity index (χ0v) is 13.0. The molecule has 2 N–H and O–H groups in total. The molecular weight excluding hydrogens is 335 g/mol. The lowest BCUT2D eigenvalue weighted by atomic mass is 10.1. The number of halogens is 3. The second-order valence-corrected chi connectivity index (χ2v) is 5.50. The van der Waals surface area contributed by atoms with Crippen LogP contribution in [-0.2, 0) is 11.0 Å². The number of benzene rings is 1. The third-order valence-electron chi connectivity index (χ3n) is 2.62. The molecule has 126 valence electrons. The van der Waals surface area contributed by atoms with Gasteiger partial charge >= 0.3 is 6.18 Å². The summed E-state index contributed by atoms with van der Waals surface area (Å²) in [5, 5.41) is 15.4. The maximum Gasteiger partial charge on any atom is 0.416 e. The molecule has 10 heteroatoms. The summed E-state index contributed by atoms with van der Waals surface area (Å²) in [5.41, 5.74) is -2.18. The number of nitro benzene ring substituents is 1. The first-order valence-corrected chi connectivity index (χ1v) is 6.88. The number of hydrogen-bond acceptors (Lipinski definition) is 4. The summed E-state index contributed by atoms with van der Waals surface area (Å²) in [5.74, 6) is -0.315. The molecule has 0 aliphatic heterocycles. The van der Waals surface area contributed by atoms with Gasteiger partial charge in [0.05, 0.1) is 10.5 Å². The fraction of sp³-hybridized carbons (Fsp3) is 0.385. The van der Waals surface area contributed by atoms with E-state index in [0.717, 1.165) is 6.07 Å². The highest BCUT2D eigenvalue weighted by Crippen LogP contribution is 2.34. The van der Waals surface area contributed by atoms with Crippen molar-refractivity contribution in [3.8, 4) is 0 Å². The first-order valence-electron chi connectivity index (χ1n) is 6.47. The van der Waals surface area contributed by atoms with Crippen LogP contribution < -0.4 is 10.6 Å². The van der Waals surface area contributed by atoms with Crippen molar-refractivity contribution in [3.05, 3.63) is 33.9 Å². The van der Waals surface area contributed by atoms with Crippen molar-refractivity contribution in [2.75, 3.05) is 5.32 Å². The molecule has 23 heavy (non-hydrogen) atoms. The maximum absolute atomic E-state index is 12.6. The lowest BCUT2D eigenvalue weighted by Gasteiger charge is -2.12. The number of carbonyl (C=O) groups excluding carboxylic acids is 1. The molecule has 1 amide bonds. The molecular formula is C13H14F3N3O3S. The monoisotopic (exact) mass is 349 g/mol. The van der Waals surface area contributed by atoms with Gasteiger partial charge in [0.1, 0.15) is 5.69 Å². The quantitative estimate of drug-likeness (QED) is 0.494. The molecule has 0 spiro atoms. The average Bonchev–Trinajstić information content (AvgIpc) is 2.35. The zero-order chi connectivity index (χ0) is 17.8. The predicted octanol–water partition coefficient (Wildman–Crippen LogP) is 3.47. The molecule has 0 saturated carbocycles. The van der Waals surface area contributed by atoms with E-state index in [9.17, 15) is 28.1 Å². The molecule has 0 aliphatic rings. The molecule has 0 aliphatic carbocycles. The molecule has 0 aromatic heterocycles. The number of hydrogen-bond donors (Lipinski definition) is 2. The van der Waals surface area contributed by atoms with Crippen LogP contribution in [0.25, 0.3) is 0 Å². The van der Waals surface area contributed by atoms with Gasteiger partial charge in [-0.1, -0.05) is 13.8 Å². The summed E-state index contributed by atoms with van der Waals surface area (Å²) in [6.45, 7) is 3.63. The van der Waals surface area contributed by atoms with Crippen molar-refractivity contribution in [1.82, 2.24) is 5.32 Å². The van der Waals surface area contributed by atoms with Gasteiger partial charge < -0.3 is 10.6 Å². The smallest absolute Gasteiger partial charge is 0.327 e. The summed E-state index contributed by atoms with van der Waals surface area (Å²) < 4.78 is 37.8. The molecule has 0 radical (unpaired) electrons. The van der Waals surface area contributed by atoms with Crippen molar-refractivity contribution in [3.63, 3.8) is 0 Å². The van der Waals surface area contributed by atoms with Crippen LogP contribution in [0.15, 0.2) is 18.2 Å². The van der Waals surface area contributed by atoms with Crippen molar-refractivity contribution < 1.29 is 22.9 Å². The Morgan fingerprint density at radius 2 is 2.00 bits per heavy atom. The van der Waals surface area contributed by atoms with E-state index in [1.165, 1.54) is 0 Å². The number of nitrogens with one attached hydrogen (secondary N) is 2. The van der Waals surface area contributed by atoms with Gasteiger partial charge in [0.25, 0.3) is 5.69 Å². The average molecular weight is 349 g/mol. The van der Waals surface area contributed by atoms with E-state index in [1.807, 2.05) is 13.8 Å². The van der Waals surface area contributed by atoms with Gasteiger partial charge in [0.15, 0.2) is 5.11 Å². The van der Waals surface area contributed by atoms with Crippen LogP contribution in [0.4, 0.5) is 24.5 Å². The second-order valence-electron chi connectivity index (χ2n) is 5.09. The Morgan fingerprint density at radius 3 is 2.48 bits per heavy atom. The van der Waals surface area contributed by atoms with Crippen LogP contribution in [0.1, 0.15) is 25.8 Å². The standard InChI is InChI=1S/C13H14F3N3O3S/c1-7(2)5-11(20)18-12(23)17-9-4-3-8(13(14,15)16)6-10(9)19(21)22/h3-4,6-7H,5H2,1-2H3,(H2,17,18,20,23). The lowest BCUT2D eigenvalue weighted by molar-refractivity contribution is -0.384. The van der Waals surface area contributed by atoms with Crippen LogP contribution in [-0.4, -0.2) is 15.9 Å². The van der Waals surface area contributed by atoms with Crippen LogP contribution in [0, 0.1) is 16.0 Å². The van der Waals surface area contributed by atoms with Gasteiger partial charge in [0, 0.05) is 12.5 Å². The first kappa shape index (κ1) is 18.8. The van der Waals surface area contributed by atoms with Crippen molar-refractivity contribution in [1.29, 1.82) is 0 Å². The van der Waals surface area contributed by atoms with E-state index < -0.39 is 28.3 Å². The molecule has 0 saturated heterocycles. The fourth-order valence-corrected chi connectivity index (χ4v) is 1.89. The molecule has 0 heterocycles. The Balaban J connectivity index is 2.94. The third kappa shape index (κ3) is 5.81. The van der Waals surface area contributed by atoms with Crippen LogP contribution in [0.3, 0.4) is 0 Å². The summed E-state index contributed by atoms with van der Waals surface area (Å²) >= 11 is 4.83. The Morgan fingerprint density at radius 1 is 1.39 bits per heavy atom. The highest BCUT2D eigenvalue weighted by Gasteiger charge is 2.33. The first-order chi connectivity index (χ1) is 10.5. The van der Waals surface area contributed by atoms with E-state index in [4.69, 9.17) is 12.2 Å². The SMILES string of the molecule is CC(C)CC(=O)NC(=S)Nc1ccc(C(F)(F)F)cc1[N+](=O)[O-]. The highest BCUT2D eigenvalue weighted by molar-refractivity contribution is 7.80. The van der Waals surface area contributed by atoms with Crippen LogP contribution >= 0.6 is 12.2 Å². The molecule has 6 nitrogen and oxygen atoms in total. The largest absolute Gasteiger partial charge is 0.416 e. The van der Waals surface area contributed by atoms with Gasteiger partial charge in [-0.05, 0) is 30.3 Å². The van der Waals surface area contributed by atoms with E-state index in [2.05, 4.69) is 10.6 Å². The van der Waals surface area contributed by atoms with Gasteiger partial charge in [-0.2, -0.15) is 13.2 Å². The number of thiocarbonyl (C=S) groups is 1. The van der Waals surface area contributed by atoms with E-state index >= 15 is 0 Å². The number of anilines is 1. The molecule has 0 fully saturated rings. The number of carbonyl (C=O) groups is 1. The summed E-state index contributed by atoms with van der Waals surface area (Å²) in [6.07, 6.45) is -4.51. The molecule has 1 aromatic rings. The summed E-state index contributed by atoms with van der Waals surface area (Å²) in [7, 11) is 0. The minimum atomic E-state index is -4.70.